The smallest absolute Gasteiger partial charge is 0.279 e. The van der Waals surface area contributed by atoms with E-state index < -0.39 is 11.8 Å². The maximum Gasteiger partial charge on any atom is 0.279 e. The largest absolute Gasteiger partial charge is 0.510 e. The van der Waals surface area contributed by atoms with Crippen LogP contribution in [0.3, 0.4) is 0 Å². The van der Waals surface area contributed by atoms with Crippen LogP contribution in [0, 0.1) is 13.8 Å². The minimum absolute atomic E-state index is 0.173. The van der Waals surface area contributed by atoms with Crippen LogP contribution in [0.15, 0.2) is 140 Å². The number of carbonyl (C=O) groups is 2. The van der Waals surface area contributed by atoms with Gasteiger partial charge in [0, 0.05) is 11.4 Å². The summed E-state index contributed by atoms with van der Waals surface area (Å²) in [6, 6.07) is 28.3. The molecule has 0 fully saturated rings. The molecule has 4 aromatic rings. The molecule has 0 aromatic heterocycles. The zero-order valence-electron chi connectivity index (χ0n) is 25.5. The molecule has 0 saturated carbocycles. The van der Waals surface area contributed by atoms with Crippen LogP contribution in [0.1, 0.15) is 25.0 Å². The number of azo groups is 2. The third-order valence-electron chi connectivity index (χ3n) is 6.12. The van der Waals surface area contributed by atoms with Crippen molar-refractivity contribution in [2.75, 3.05) is 10.6 Å². The van der Waals surface area contributed by atoms with Gasteiger partial charge in [0.2, 0.25) is 0 Å². The predicted octanol–water partition coefficient (Wildman–Crippen LogP) is 10.3. The van der Waals surface area contributed by atoms with Crippen LogP contribution in [0.4, 0.5) is 22.7 Å². The number of aliphatic hydroxyl groups excluding tert-OH is 2. The number of anilines is 2. The summed E-state index contributed by atoms with van der Waals surface area (Å²) >= 11 is 12.0. The second-order valence-electron chi connectivity index (χ2n) is 9.71. The Hall–Kier alpha value is -5.32. The van der Waals surface area contributed by atoms with Crippen molar-refractivity contribution in [1.82, 2.24) is 0 Å². The lowest BCUT2D eigenvalue weighted by Gasteiger charge is -2.08. The van der Waals surface area contributed by atoms with Gasteiger partial charge in [-0.2, -0.15) is 0 Å². The summed E-state index contributed by atoms with van der Waals surface area (Å²) in [5.41, 5.74) is 3.57. The molecular weight excluding hydrogens is 627 g/mol. The Kier molecular flexibility index (Phi) is 13.2. The van der Waals surface area contributed by atoms with E-state index in [9.17, 15) is 19.8 Å². The average molecular weight is 660 g/mol. The highest BCUT2D eigenvalue weighted by Gasteiger charge is 2.15. The molecule has 0 radical (unpaired) electrons. The van der Waals surface area contributed by atoms with E-state index in [0.717, 1.165) is 11.1 Å². The van der Waals surface area contributed by atoms with E-state index in [2.05, 4.69) is 31.1 Å². The first-order valence-corrected chi connectivity index (χ1v) is 14.6. The van der Waals surface area contributed by atoms with Gasteiger partial charge in [0.15, 0.2) is 11.4 Å². The van der Waals surface area contributed by atoms with Gasteiger partial charge in [0.05, 0.1) is 10.0 Å². The molecule has 0 unspecified atom stereocenters. The van der Waals surface area contributed by atoms with E-state index in [1.165, 1.54) is 13.8 Å². The van der Waals surface area contributed by atoms with E-state index >= 15 is 0 Å². The molecule has 4 aromatic carbocycles. The van der Waals surface area contributed by atoms with Crippen molar-refractivity contribution in [3.63, 3.8) is 0 Å². The Bertz CT molecular complexity index is 1690. The fourth-order valence-corrected chi connectivity index (χ4v) is 3.97. The first kappa shape index (κ1) is 35.2. The molecule has 0 aliphatic carbocycles. The first-order chi connectivity index (χ1) is 22.0. The minimum Gasteiger partial charge on any atom is -0.510 e. The number of hydrogen-bond acceptors (Lipinski definition) is 8. The van der Waals surface area contributed by atoms with Crippen molar-refractivity contribution in [2.24, 2.45) is 20.5 Å². The molecule has 0 spiro atoms. The van der Waals surface area contributed by atoms with Crippen LogP contribution < -0.4 is 10.6 Å². The van der Waals surface area contributed by atoms with E-state index in [4.69, 9.17) is 23.2 Å². The van der Waals surface area contributed by atoms with Gasteiger partial charge in [0.1, 0.15) is 22.9 Å². The number of nitrogens with one attached hydrogen (secondary N) is 2. The summed E-state index contributed by atoms with van der Waals surface area (Å²) in [7, 11) is 0. The Balaban J connectivity index is 0.000000250. The zero-order chi connectivity index (χ0) is 33.6. The van der Waals surface area contributed by atoms with Crippen LogP contribution in [0.2, 0.25) is 10.0 Å². The summed E-state index contributed by atoms with van der Waals surface area (Å²) in [5.74, 6) is -1.55. The molecule has 0 aliphatic rings. The Morgan fingerprint density at radius 3 is 1.22 bits per heavy atom. The first-order valence-electron chi connectivity index (χ1n) is 13.8. The van der Waals surface area contributed by atoms with Crippen LogP contribution in [-0.4, -0.2) is 22.0 Å². The van der Waals surface area contributed by atoms with Crippen molar-refractivity contribution in [2.45, 2.75) is 27.7 Å². The lowest BCUT2D eigenvalue weighted by atomic mass is 10.2. The molecular formula is C34H32Cl2N6O4. The second-order valence-corrected chi connectivity index (χ2v) is 10.5. The Morgan fingerprint density at radius 2 is 0.891 bits per heavy atom. The van der Waals surface area contributed by atoms with Gasteiger partial charge in [-0.25, -0.2) is 0 Å². The summed E-state index contributed by atoms with van der Waals surface area (Å²) in [5, 5.41) is 41.2. The Morgan fingerprint density at radius 1 is 0.565 bits per heavy atom. The van der Waals surface area contributed by atoms with E-state index in [0.29, 0.717) is 32.8 Å². The monoisotopic (exact) mass is 658 g/mol. The molecule has 0 saturated heterocycles. The predicted molar refractivity (Wildman–Crippen MR) is 182 cm³/mol. The molecule has 0 heterocycles. The number of amides is 2. The SMILES string of the molecule is C/C(O)=C(\N=Nc1ccccc1Cl)C(=O)Nc1ccccc1C.C/C(O)=C(\N=Nc1ccccc1Cl)C(=O)Nc1ccccc1C. The van der Waals surface area contributed by atoms with Gasteiger partial charge in [-0.05, 0) is 75.2 Å². The van der Waals surface area contributed by atoms with Crippen LogP contribution in [0.25, 0.3) is 0 Å². The molecule has 4 rings (SSSR count). The van der Waals surface area contributed by atoms with Gasteiger partial charge in [-0.1, -0.05) is 83.9 Å². The standard InChI is InChI=1S/2C17H16ClN3O2/c2*1-11-7-3-5-9-14(11)19-17(23)16(12(2)22)21-20-15-10-6-4-8-13(15)18/h2*3-10,22H,1-2H3,(H,19,23)/b2*16-12+,21-20?. The minimum atomic E-state index is -0.546. The molecule has 236 valence electrons. The molecule has 0 bridgehead atoms. The van der Waals surface area contributed by atoms with Crippen molar-refractivity contribution in [3.05, 3.63) is 141 Å². The van der Waals surface area contributed by atoms with Crippen molar-refractivity contribution in [1.29, 1.82) is 0 Å². The summed E-state index contributed by atoms with van der Waals surface area (Å²) in [6.07, 6.45) is 0. The van der Waals surface area contributed by atoms with Gasteiger partial charge in [0.25, 0.3) is 11.8 Å². The summed E-state index contributed by atoms with van der Waals surface area (Å²) in [4.78, 5) is 24.6. The van der Waals surface area contributed by atoms with E-state index in [1.54, 1.807) is 60.7 Å². The van der Waals surface area contributed by atoms with Crippen molar-refractivity contribution < 1.29 is 19.8 Å². The van der Waals surface area contributed by atoms with Gasteiger partial charge >= 0.3 is 0 Å². The number of carbonyl (C=O) groups excluding carboxylic acids is 2. The topological polar surface area (TPSA) is 148 Å². The highest BCUT2D eigenvalue weighted by molar-refractivity contribution is 6.33. The van der Waals surface area contributed by atoms with Crippen LogP contribution in [0.5, 0.6) is 0 Å². The Labute approximate surface area is 276 Å². The third-order valence-corrected chi connectivity index (χ3v) is 6.76. The van der Waals surface area contributed by atoms with Gasteiger partial charge in [-0.15, -0.1) is 20.5 Å². The highest BCUT2D eigenvalue weighted by atomic mass is 35.5. The van der Waals surface area contributed by atoms with Crippen LogP contribution in [-0.2, 0) is 9.59 Å². The number of aliphatic hydroxyl groups is 2. The lowest BCUT2D eigenvalue weighted by molar-refractivity contribution is -0.113. The fraction of sp³-hybridized carbons (Fsp3) is 0.118. The van der Waals surface area contributed by atoms with Gasteiger partial charge in [-0.3, -0.25) is 9.59 Å². The van der Waals surface area contributed by atoms with Crippen molar-refractivity contribution in [3.8, 4) is 0 Å². The molecule has 2 amide bonds. The second kappa shape index (κ2) is 17.2. The third kappa shape index (κ3) is 10.4. The summed E-state index contributed by atoms with van der Waals surface area (Å²) < 4.78 is 0. The number of aryl methyl sites for hydroxylation is 2. The number of hydrogen-bond donors (Lipinski definition) is 4. The maximum absolute atomic E-state index is 12.3. The number of para-hydroxylation sites is 2. The molecule has 0 aliphatic heterocycles. The molecule has 4 N–H and O–H groups in total. The number of halogens is 2. The highest BCUT2D eigenvalue weighted by Crippen LogP contribution is 2.26. The molecule has 12 heteroatoms. The zero-order valence-corrected chi connectivity index (χ0v) is 27.0. The summed E-state index contributed by atoms with van der Waals surface area (Å²) in [6.45, 7) is 6.49. The number of rotatable bonds is 8. The fourth-order valence-electron chi connectivity index (χ4n) is 3.63. The lowest BCUT2D eigenvalue weighted by Crippen LogP contribution is -2.15. The maximum atomic E-state index is 12.3. The molecule has 10 nitrogen and oxygen atoms in total. The number of allylic oxidation sites excluding steroid dienone is 2. The van der Waals surface area contributed by atoms with Crippen molar-refractivity contribution >= 4 is 57.8 Å². The molecule has 0 atom stereocenters. The van der Waals surface area contributed by atoms with E-state index in [1.807, 2.05) is 50.2 Å². The molecule has 46 heavy (non-hydrogen) atoms. The van der Waals surface area contributed by atoms with Gasteiger partial charge < -0.3 is 20.8 Å². The normalized spacial score (nSPS) is 12.1. The van der Waals surface area contributed by atoms with Crippen LogP contribution >= 0.6 is 23.2 Å². The number of benzene rings is 4. The quantitative estimate of drug-likeness (QED) is 0.0846. The van der Waals surface area contributed by atoms with E-state index in [-0.39, 0.29) is 22.9 Å². The average Bonchev–Trinajstić information content (AvgIpc) is 3.01. The number of nitrogens with zero attached hydrogens (tertiary/aromatic N) is 4.